The molecule has 0 atom stereocenters. The average Bonchev–Trinajstić information content (AvgIpc) is 3.27. The Hall–Kier alpha value is -2.78. The highest BCUT2D eigenvalue weighted by Gasteiger charge is 2.13. The summed E-state index contributed by atoms with van der Waals surface area (Å²) in [4.78, 5) is 20.2. The first-order valence-electron chi connectivity index (χ1n) is 8.03. The molecule has 0 aliphatic heterocycles. The lowest BCUT2D eigenvalue weighted by Crippen LogP contribution is -2.11. The maximum atomic E-state index is 12.4. The van der Waals surface area contributed by atoms with Crippen molar-refractivity contribution in [3.63, 3.8) is 0 Å². The Balaban J connectivity index is 1.46. The SMILES string of the molecule is COc1ccc(C(=O)Nc2nnc(Cc3nc4ccccc4[nH]3)s2)cc1Br. The van der Waals surface area contributed by atoms with Gasteiger partial charge in [-0.05, 0) is 46.3 Å². The van der Waals surface area contributed by atoms with Crippen LogP contribution < -0.4 is 10.1 Å². The highest BCUT2D eigenvalue weighted by Crippen LogP contribution is 2.26. The van der Waals surface area contributed by atoms with Crippen LogP contribution in [0.4, 0.5) is 5.13 Å². The number of methoxy groups -OCH3 is 1. The van der Waals surface area contributed by atoms with Gasteiger partial charge in [-0.15, -0.1) is 10.2 Å². The number of anilines is 1. The summed E-state index contributed by atoms with van der Waals surface area (Å²) >= 11 is 4.70. The van der Waals surface area contributed by atoms with E-state index >= 15 is 0 Å². The number of hydrogen-bond donors (Lipinski definition) is 2. The molecular weight excluding hydrogens is 430 g/mol. The predicted molar refractivity (Wildman–Crippen MR) is 107 cm³/mol. The van der Waals surface area contributed by atoms with Crippen molar-refractivity contribution in [2.75, 3.05) is 12.4 Å². The molecule has 4 rings (SSSR count). The molecular formula is C18H14BrN5O2S. The second-order valence-corrected chi connectivity index (χ2v) is 7.60. The lowest BCUT2D eigenvalue weighted by molar-refractivity contribution is 0.102. The third kappa shape index (κ3) is 3.83. The minimum Gasteiger partial charge on any atom is -0.496 e. The Morgan fingerprint density at radius 1 is 1.26 bits per heavy atom. The van der Waals surface area contributed by atoms with E-state index in [1.165, 1.54) is 11.3 Å². The van der Waals surface area contributed by atoms with Crippen LogP contribution in [-0.2, 0) is 6.42 Å². The largest absolute Gasteiger partial charge is 0.496 e. The van der Waals surface area contributed by atoms with Gasteiger partial charge in [0.25, 0.3) is 5.91 Å². The van der Waals surface area contributed by atoms with Gasteiger partial charge >= 0.3 is 0 Å². The third-order valence-corrected chi connectivity index (χ3v) is 5.32. The molecule has 2 heterocycles. The number of amides is 1. The Kier molecular flexibility index (Phi) is 4.87. The van der Waals surface area contributed by atoms with Crippen molar-refractivity contribution >= 4 is 49.3 Å². The number of halogens is 1. The Bertz CT molecular complexity index is 1090. The van der Waals surface area contributed by atoms with E-state index in [0.717, 1.165) is 21.9 Å². The van der Waals surface area contributed by atoms with Crippen molar-refractivity contribution in [3.05, 3.63) is 63.3 Å². The molecule has 1 amide bonds. The van der Waals surface area contributed by atoms with Crippen LogP contribution in [0.15, 0.2) is 46.9 Å². The molecule has 0 unspecified atom stereocenters. The van der Waals surface area contributed by atoms with Crippen molar-refractivity contribution < 1.29 is 9.53 Å². The van der Waals surface area contributed by atoms with Gasteiger partial charge in [0.15, 0.2) is 0 Å². The Morgan fingerprint density at radius 3 is 2.89 bits per heavy atom. The molecule has 7 nitrogen and oxygen atoms in total. The van der Waals surface area contributed by atoms with E-state index < -0.39 is 0 Å². The molecule has 2 aromatic carbocycles. The topological polar surface area (TPSA) is 92.8 Å². The molecule has 27 heavy (non-hydrogen) atoms. The fourth-order valence-electron chi connectivity index (χ4n) is 2.59. The van der Waals surface area contributed by atoms with Gasteiger partial charge in [-0.25, -0.2) is 4.98 Å². The molecule has 0 aliphatic carbocycles. The van der Waals surface area contributed by atoms with Gasteiger partial charge in [0, 0.05) is 5.56 Å². The van der Waals surface area contributed by atoms with E-state index in [4.69, 9.17) is 4.74 Å². The molecule has 0 saturated carbocycles. The van der Waals surface area contributed by atoms with Crippen LogP contribution in [0.25, 0.3) is 11.0 Å². The second kappa shape index (κ2) is 7.45. The lowest BCUT2D eigenvalue weighted by atomic mass is 10.2. The number of imidazole rings is 1. The number of carbonyl (C=O) groups excluding carboxylic acids is 1. The van der Waals surface area contributed by atoms with Crippen molar-refractivity contribution in [2.45, 2.75) is 6.42 Å². The predicted octanol–water partition coefficient (Wildman–Crippen LogP) is 4.03. The molecule has 0 spiro atoms. The smallest absolute Gasteiger partial charge is 0.257 e. The molecule has 0 aliphatic rings. The van der Waals surface area contributed by atoms with Crippen LogP contribution in [0, 0.1) is 0 Å². The van der Waals surface area contributed by atoms with Gasteiger partial charge in [-0.3, -0.25) is 10.1 Å². The molecule has 0 bridgehead atoms. The van der Waals surface area contributed by atoms with Crippen molar-refractivity contribution in [2.24, 2.45) is 0 Å². The van der Waals surface area contributed by atoms with Crippen LogP contribution in [-0.4, -0.2) is 33.2 Å². The summed E-state index contributed by atoms with van der Waals surface area (Å²) < 4.78 is 5.88. The van der Waals surface area contributed by atoms with E-state index in [-0.39, 0.29) is 5.91 Å². The third-order valence-electron chi connectivity index (χ3n) is 3.86. The number of para-hydroxylation sites is 2. The van der Waals surface area contributed by atoms with Crippen LogP contribution in [0.1, 0.15) is 21.2 Å². The zero-order valence-electron chi connectivity index (χ0n) is 14.2. The first-order valence-corrected chi connectivity index (χ1v) is 9.64. The number of aromatic nitrogens is 4. The number of ether oxygens (including phenoxy) is 1. The fourth-order valence-corrected chi connectivity index (χ4v) is 3.86. The Labute approximate surface area is 166 Å². The van der Waals surface area contributed by atoms with Crippen LogP contribution in [0.3, 0.4) is 0 Å². The number of rotatable bonds is 5. The van der Waals surface area contributed by atoms with E-state index in [9.17, 15) is 4.79 Å². The quantitative estimate of drug-likeness (QED) is 0.485. The van der Waals surface area contributed by atoms with Crippen molar-refractivity contribution in [3.8, 4) is 5.75 Å². The van der Waals surface area contributed by atoms with Gasteiger partial charge in [-0.1, -0.05) is 23.5 Å². The Morgan fingerprint density at radius 2 is 2.11 bits per heavy atom. The standard InChI is InChI=1S/C18H14BrN5O2S/c1-26-14-7-6-10(8-11(14)19)17(25)22-18-24-23-16(27-18)9-15-20-12-4-2-3-5-13(12)21-15/h2-8H,9H2,1H3,(H,20,21)(H,22,24,25). The maximum absolute atomic E-state index is 12.4. The summed E-state index contributed by atoms with van der Waals surface area (Å²) in [6, 6.07) is 13.0. The van der Waals surface area contributed by atoms with Gasteiger partial charge < -0.3 is 9.72 Å². The number of H-pyrrole nitrogens is 1. The van der Waals surface area contributed by atoms with Gasteiger partial charge in [0.05, 0.1) is 29.0 Å². The summed E-state index contributed by atoms with van der Waals surface area (Å²) in [5.41, 5.74) is 2.39. The van der Waals surface area contributed by atoms with E-state index in [2.05, 4.69) is 41.4 Å². The molecule has 136 valence electrons. The highest BCUT2D eigenvalue weighted by molar-refractivity contribution is 9.10. The number of fused-ring (bicyclic) bond motifs is 1. The van der Waals surface area contributed by atoms with Crippen molar-refractivity contribution in [1.29, 1.82) is 0 Å². The first-order chi connectivity index (χ1) is 13.1. The van der Waals surface area contributed by atoms with Crippen molar-refractivity contribution in [1.82, 2.24) is 20.2 Å². The number of aromatic amines is 1. The number of nitrogens with zero attached hydrogens (tertiary/aromatic N) is 3. The first kappa shape index (κ1) is 17.6. The molecule has 0 fully saturated rings. The van der Waals surface area contributed by atoms with Gasteiger partial charge in [-0.2, -0.15) is 0 Å². The number of hydrogen-bond acceptors (Lipinski definition) is 6. The minimum absolute atomic E-state index is 0.259. The number of benzene rings is 2. The maximum Gasteiger partial charge on any atom is 0.257 e. The summed E-state index contributed by atoms with van der Waals surface area (Å²) in [5.74, 6) is 1.21. The minimum atomic E-state index is -0.259. The van der Waals surface area contributed by atoms with Crippen LogP contribution in [0.2, 0.25) is 0 Å². The number of nitrogens with one attached hydrogen (secondary N) is 2. The zero-order valence-corrected chi connectivity index (χ0v) is 16.6. The number of carbonyl (C=O) groups is 1. The average molecular weight is 444 g/mol. The van der Waals surface area contributed by atoms with E-state index in [0.29, 0.717) is 27.3 Å². The molecule has 9 heteroatoms. The molecule has 0 saturated heterocycles. The van der Waals surface area contributed by atoms with Gasteiger partial charge in [0.1, 0.15) is 16.6 Å². The lowest BCUT2D eigenvalue weighted by Gasteiger charge is -2.05. The molecule has 4 aromatic rings. The zero-order chi connectivity index (χ0) is 18.8. The summed E-state index contributed by atoms with van der Waals surface area (Å²) in [7, 11) is 1.57. The van der Waals surface area contributed by atoms with Crippen LogP contribution >= 0.6 is 27.3 Å². The summed E-state index contributed by atoms with van der Waals surface area (Å²) in [6.45, 7) is 0. The monoisotopic (exact) mass is 443 g/mol. The van der Waals surface area contributed by atoms with Crippen LogP contribution in [0.5, 0.6) is 5.75 Å². The second-order valence-electron chi connectivity index (χ2n) is 5.68. The molecule has 2 N–H and O–H groups in total. The highest BCUT2D eigenvalue weighted by atomic mass is 79.9. The normalized spacial score (nSPS) is 10.9. The molecule has 0 radical (unpaired) electrons. The molecule has 2 aromatic heterocycles. The van der Waals surface area contributed by atoms with Gasteiger partial charge in [0.2, 0.25) is 5.13 Å². The summed E-state index contributed by atoms with van der Waals surface area (Å²) in [6.07, 6.45) is 0.524. The van der Waals surface area contributed by atoms with E-state index in [1.807, 2.05) is 24.3 Å². The fraction of sp³-hybridized carbons (Fsp3) is 0.111. The van der Waals surface area contributed by atoms with E-state index in [1.54, 1.807) is 25.3 Å². The summed E-state index contributed by atoms with van der Waals surface area (Å²) in [5, 5.41) is 12.2.